The first-order valence-electron chi connectivity index (χ1n) is 9.37. The lowest BCUT2D eigenvalue weighted by molar-refractivity contribution is -0.0104. The molecule has 6 nitrogen and oxygen atoms in total. The average Bonchev–Trinajstić information content (AvgIpc) is 2.78. The van der Waals surface area contributed by atoms with E-state index in [1.165, 1.54) is 7.11 Å². The minimum Gasteiger partial charge on any atom is -0.497 e. The summed E-state index contributed by atoms with van der Waals surface area (Å²) >= 11 is 3.50. The summed E-state index contributed by atoms with van der Waals surface area (Å²) in [6, 6.07) is 15.0. The first kappa shape index (κ1) is 24.1. The molecule has 164 valence electrons. The molecule has 0 radical (unpaired) electrons. The van der Waals surface area contributed by atoms with Crippen LogP contribution in [0.1, 0.15) is 11.1 Å². The van der Waals surface area contributed by atoms with Crippen LogP contribution < -0.4 is 9.47 Å². The molecule has 2 aromatic rings. The predicted molar refractivity (Wildman–Crippen MR) is 117 cm³/mol. The third-order valence-electron chi connectivity index (χ3n) is 4.29. The van der Waals surface area contributed by atoms with Crippen LogP contribution in [0.15, 0.2) is 53.7 Å². The zero-order valence-electron chi connectivity index (χ0n) is 17.3. The normalized spacial score (nSPS) is 14.3. The predicted octanol–water partition coefficient (Wildman–Crippen LogP) is 4.54. The van der Waals surface area contributed by atoms with Gasteiger partial charge < -0.3 is 23.8 Å². The van der Waals surface area contributed by atoms with E-state index in [1.807, 2.05) is 48.5 Å². The third kappa shape index (κ3) is 7.93. The summed E-state index contributed by atoms with van der Waals surface area (Å²) in [5, 5.41) is 3.53. The van der Waals surface area contributed by atoms with Crippen LogP contribution in [0.5, 0.6) is 11.5 Å². The molecule has 0 amide bonds. The summed E-state index contributed by atoms with van der Waals surface area (Å²) in [6.07, 6.45) is -1.21. The van der Waals surface area contributed by atoms with Crippen molar-refractivity contribution in [2.24, 2.45) is 5.16 Å². The lowest BCUT2D eigenvalue weighted by Crippen LogP contribution is -2.37. The molecule has 0 saturated carbocycles. The quantitative estimate of drug-likeness (QED) is 0.238. The number of nitrogens with zero attached hydrogens (tertiary/aromatic N) is 1. The van der Waals surface area contributed by atoms with Crippen LogP contribution in [0.2, 0.25) is 0 Å². The van der Waals surface area contributed by atoms with Gasteiger partial charge >= 0.3 is 0 Å². The maximum atomic E-state index is 14.7. The van der Waals surface area contributed by atoms with E-state index in [-0.39, 0.29) is 13.2 Å². The fourth-order valence-electron chi connectivity index (χ4n) is 2.62. The molecule has 0 aliphatic carbocycles. The van der Waals surface area contributed by atoms with E-state index >= 15 is 0 Å². The fourth-order valence-corrected chi connectivity index (χ4v) is 3.25. The van der Waals surface area contributed by atoms with Crippen molar-refractivity contribution in [1.82, 2.24) is 0 Å². The zero-order chi connectivity index (χ0) is 21.8. The number of methoxy groups -OCH3 is 2. The first-order valence-corrected chi connectivity index (χ1v) is 10.3. The van der Waals surface area contributed by atoms with Gasteiger partial charge in [0.25, 0.3) is 0 Å². The van der Waals surface area contributed by atoms with Crippen LogP contribution in [0.25, 0.3) is 0 Å². The van der Waals surface area contributed by atoms with E-state index in [4.69, 9.17) is 18.9 Å². The lowest BCUT2D eigenvalue weighted by atomic mass is 10.1. The van der Waals surface area contributed by atoms with Crippen LogP contribution >= 0.6 is 15.9 Å². The number of halogens is 2. The van der Waals surface area contributed by atoms with Crippen LogP contribution in [-0.4, -0.2) is 51.3 Å². The number of hydrogen-bond acceptors (Lipinski definition) is 6. The Balaban J connectivity index is 1.92. The summed E-state index contributed by atoms with van der Waals surface area (Å²) in [6.45, 7) is 0.872. The Morgan fingerprint density at radius 1 is 0.900 bits per heavy atom. The third-order valence-corrected chi connectivity index (χ3v) is 5.07. The maximum Gasteiger partial charge on any atom is 0.166 e. The summed E-state index contributed by atoms with van der Waals surface area (Å²) in [4.78, 5) is 4.20. The highest BCUT2D eigenvalue weighted by Crippen LogP contribution is 2.20. The van der Waals surface area contributed by atoms with Gasteiger partial charge in [-0.25, -0.2) is 4.39 Å². The second-order valence-corrected chi connectivity index (χ2v) is 7.56. The Morgan fingerprint density at radius 2 is 1.43 bits per heavy atom. The minimum absolute atomic E-state index is 0.233. The van der Waals surface area contributed by atoms with E-state index in [2.05, 4.69) is 25.9 Å². The van der Waals surface area contributed by atoms with E-state index in [0.29, 0.717) is 6.61 Å². The Morgan fingerprint density at radius 3 is 1.93 bits per heavy atom. The van der Waals surface area contributed by atoms with E-state index in [9.17, 15) is 4.39 Å². The van der Waals surface area contributed by atoms with Crippen LogP contribution in [0, 0.1) is 0 Å². The molecule has 0 unspecified atom stereocenters. The van der Waals surface area contributed by atoms with Gasteiger partial charge in [-0.05, 0) is 35.4 Å². The van der Waals surface area contributed by atoms with Crippen molar-refractivity contribution in [1.29, 1.82) is 0 Å². The first-order chi connectivity index (χ1) is 14.6. The van der Waals surface area contributed by atoms with Crippen LogP contribution in [-0.2, 0) is 27.5 Å². The molecule has 0 aliphatic rings. The molecular weight excluding hydrogens is 457 g/mol. The largest absolute Gasteiger partial charge is 0.497 e. The van der Waals surface area contributed by atoms with Crippen molar-refractivity contribution >= 4 is 22.1 Å². The van der Waals surface area contributed by atoms with E-state index in [0.717, 1.165) is 28.8 Å². The Hall–Kier alpha value is -2.16. The molecule has 0 N–H and O–H groups in total. The van der Waals surface area contributed by atoms with Gasteiger partial charge in [-0.1, -0.05) is 45.4 Å². The molecule has 0 aromatic heterocycles. The molecule has 0 bridgehead atoms. The van der Waals surface area contributed by atoms with Gasteiger partial charge in [-0.15, -0.1) is 0 Å². The Labute approximate surface area is 185 Å². The monoisotopic (exact) mass is 483 g/mol. The number of alkyl halides is 2. The molecule has 2 rings (SSSR count). The lowest BCUT2D eigenvalue weighted by Gasteiger charge is -2.24. The highest BCUT2D eigenvalue weighted by atomic mass is 79.9. The topological polar surface area (TPSA) is 58.5 Å². The summed E-state index contributed by atoms with van der Waals surface area (Å²) in [7, 11) is 4.58. The highest BCUT2D eigenvalue weighted by Gasteiger charge is 2.28. The number of benzene rings is 2. The molecule has 3 atom stereocenters. The van der Waals surface area contributed by atoms with Gasteiger partial charge in [0.15, 0.2) is 6.17 Å². The summed E-state index contributed by atoms with van der Waals surface area (Å²) < 4.78 is 36.6. The molecule has 0 fully saturated rings. The van der Waals surface area contributed by atoms with E-state index < -0.39 is 17.1 Å². The van der Waals surface area contributed by atoms with Crippen molar-refractivity contribution in [2.75, 3.05) is 27.9 Å². The second kappa shape index (κ2) is 13.2. The second-order valence-electron chi connectivity index (χ2n) is 6.38. The Bertz CT molecular complexity index is 757. The zero-order valence-corrected chi connectivity index (χ0v) is 18.9. The standard InChI is InChI=1S/C22H27BrFNO5/c1-26-18-8-4-16(5-9-18)13-29-15-20(23)22(21(24)12-25-28-3)30-14-17-6-10-19(27-2)11-7-17/h4-12,20-22H,13-15H2,1-3H3/b25-12+/t20-,21+,22+/m0/s1. The minimum atomic E-state index is -1.47. The van der Waals surface area contributed by atoms with Gasteiger partial charge in [-0.2, -0.15) is 0 Å². The van der Waals surface area contributed by atoms with E-state index in [1.54, 1.807) is 14.2 Å². The van der Waals surface area contributed by atoms with Gasteiger partial charge in [-0.3, -0.25) is 0 Å². The molecule has 0 aliphatic heterocycles. The summed E-state index contributed by atoms with van der Waals surface area (Å²) in [5.74, 6) is 1.53. The molecule has 8 heteroatoms. The van der Waals surface area contributed by atoms with Gasteiger partial charge in [0.1, 0.15) is 24.7 Å². The van der Waals surface area contributed by atoms with Crippen molar-refractivity contribution in [2.45, 2.75) is 30.3 Å². The maximum absolute atomic E-state index is 14.7. The van der Waals surface area contributed by atoms with Gasteiger partial charge in [0, 0.05) is 0 Å². The smallest absolute Gasteiger partial charge is 0.166 e. The summed E-state index contributed by atoms with van der Waals surface area (Å²) in [5.41, 5.74) is 1.89. The number of oxime groups is 1. The van der Waals surface area contributed by atoms with Crippen LogP contribution in [0.3, 0.4) is 0 Å². The van der Waals surface area contributed by atoms with Crippen molar-refractivity contribution in [3.63, 3.8) is 0 Å². The SMILES string of the molecule is CO/N=C/[C@@H](F)[C@H](OCc1ccc(OC)cc1)[C@@H](Br)COCc1ccc(OC)cc1. The molecule has 0 heterocycles. The Kier molecular flexibility index (Phi) is 10.6. The molecular formula is C22H27BrFNO5. The number of ether oxygens (including phenoxy) is 4. The fraction of sp³-hybridized carbons (Fsp3) is 0.409. The molecule has 2 aromatic carbocycles. The van der Waals surface area contributed by atoms with Gasteiger partial charge in [0.2, 0.25) is 0 Å². The number of hydrogen-bond donors (Lipinski definition) is 0. The molecule has 0 saturated heterocycles. The highest BCUT2D eigenvalue weighted by molar-refractivity contribution is 9.09. The average molecular weight is 484 g/mol. The number of rotatable bonds is 13. The molecule has 30 heavy (non-hydrogen) atoms. The van der Waals surface area contributed by atoms with Gasteiger partial charge in [0.05, 0.1) is 45.1 Å². The van der Waals surface area contributed by atoms with Crippen molar-refractivity contribution < 1.29 is 28.2 Å². The van der Waals surface area contributed by atoms with Crippen molar-refractivity contribution in [3.05, 3.63) is 59.7 Å². The van der Waals surface area contributed by atoms with Crippen molar-refractivity contribution in [3.8, 4) is 11.5 Å². The molecule has 0 spiro atoms. The van der Waals surface area contributed by atoms with Crippen LogP contribution in [0.4, 0.5) is 4.39 Å².